The number of benzene rings is 1. The van der Waals surface area contributed by atoms with Crippen molar-refractivity contribution in [1.29, 1.82) is 0 Å². The Morgan fingerprint density at radius 1 is 1.35 bits per heavy atom. The third kappa shape index (κ3) is 4.93. The van der Waals surface area contributed by atoms with Gasteiger partial charge in [0.2, 0.25) is 0 Å². The minimum absolute atomic E-state index is 0.0449. The first kappa shape index (κ1) is 16.0. The van der Waals surface area contributed by atoms with Gasteiger partial charge in [-0.1, -0.05) is 0 Å². The van der Waals surface area contributed by atoms with Crippen molar-refractivity contribution >= 4 is 27.6 Å². The zero-order valence-electron chi connectivity index (χ0n) is 9.73. The summed E-state index contributed by atoms with van der Waals surface area (Å²) in [6, 6.07) is 3.22. The Kier molecular flexibility index (Phi) is 4.45. The van der Waals surface area contributed by atoms with E-state index in [9.17, 15) is 26.4 Å². The maximum absolute atomic E-state index is 11.9. The number of alkyl halides is 3. The van der Waals surface area contributed by atoms with E-state index < -0.39 is 40.2 Å². The van der Waals surface area contributed by atoms with E-state index in [0.29, 0.717) is 0 Å². The highest BCUT2D eigenvalue weighted by Gasteiger charge is 2.29. The molecule has 20 heavy (non-hydrogen) atoms. The van der Waals surface area contributed by atoms with Crippen molar-refractivity contribution in [3.05, 3.63) is 23.8 Å². The third-order valence-corrected chi connectivity index (χ3v) is 2.99. The second-order valence-electron chi connectivity index (χ2n) is 3.65. The fourth-order valence-corrected chi connectivity index (χ4v) is 2.07. The average Bonchev–Trinajstić information content (AvgIpc) is 2.24. The van der Waals surface area contributed by atoms with Crippen molar-refractivity contribution in [2.75, 3.05) is 17.0 Å². The van der Waals surface area contributed by atoms with E-state index in [-0.39, 0.29) is 5.69 Å². The molecule has 0 aliphatic heterocycles. The molecule has 0 fully saturated rings. The minimum Gasteiger partial charge on any atom is -0.478 e. The van der Waals surface area contributed by atoms with Gasteiger partial charge in [-0.25, -0.2) is 4.79 Å². The Morgan fingerprint density at radius 2 is 1.95 bits per heavy atom. The van der Waals surface area contributed by atoms with Crippen LogP contribution in [0.5, 0.6) is 0 Å². The van der Waals surface area contributed by atoms with Gasteiger partial charge in [-0.2, -0.15) is 26.3 Å². The molecule has 0 saturated heterocycles. The average molecular weight is 313 g/mol. The number of nitrogens with two attached hydrogens (primary N) is 1. The molecule has 112 valence electrons. The van der Waals surface area contributed by atoms with E-state index in [1.54, 1.807) is 4.72 Å². The summed E-state index contributed by atoms with van der Waals surface area (Å²) in [5.74, 6) is -1.46. The molecule has 1 aromatic carbocycles. The van der Waals surface area contributed by atoms with Gasteiger partial charge in [0.25, 0.3) is 10.2 Å². The maximum Gasteiger partial charge on any atom is 0.402 e. The molecule has 0 atom stereocenters. The zero-order valence-corrected chi connectivity index (χ0v) is 10.5. The number of carboxylic acids is 1. The number of halogens is 3. The van der Waals surface area contributed by atoms with Gasteiger partial charge < -0.3 is 10.8 Å². The first-order valence-electron chi connectivity index (χ1n) is 4.97. The van der Waals surface area contributed by atoms with Crippen molar-refractivity contribution in [2.45, 2.75) is 6.18 Å². The quantitative estimate of drug-likeness (QED) is 0.598. The number of carboxylic acid groups (broad SMARTS) is 1. The van der Waals surface area contributed by atoms with Gasteiger partial charge in [0, 0.05) is 5.69 Å². The molecule has 11 heteroatoms. The van der Waals surface area contributed by atoms with Crippen molar-refractivity contribution in [3.63, 3.8) is 0 Å². The number of rotatable bonds is 5. The normalized spacial score (nSPS) is 12.2. The van der Waals surface area contributed by atoms with Crippen LogP contribution in [0.1, 0.15) is 10.4 Å². The van der Waals surface area contributed by atoms with E-state index in [0.717, 1.165) is 12.1 Å². The maximum atomic E-state index is 11.9. The van der Waals surface area contributed by atoms with Crippen LogP contribution in [0.4, 0.5) is 24.5 Å². The number of aromatic carboxylic acids is 1. The minimum atomic E-state index is -4.74. The van der Waals surface area contributed by atoms with Crippen LogP contribution in [-0.2, 0) is 10.2 Å². The first-order chi connectivity index (χ1) is 9.00. The highest BCUT2D eigenvalue weighted by molar-refractivity contribution is 7.90. The molecule has 0 heterocycles. The van der Waals surface area contributed by atoms with Crippen LogP contribution < -0.4 is 15.2 Å². The van der Waals surface area contributed by atoms with Crippen LogP contribution in [0.25, 0.3) is 0 Å². The summed E-state index contributed by atoms with van der Waals surface area (Å²) >= 11 is 0. The van der Waals surface area contributed by atoms with E-state index in [2.05, 4.69) is 0 Å². The molecule has 0 aliphatic rings. The summed E-state index contributed by atoms with van der Waals surface area (Å²) in [7, 11) is -4.58. The van der Waals surface area contributed by atoms with Gasteiger partial charge in [0.1, 0.15) is 6.54 Å². The summed E-state index contributed by atoms with van der Waals surface area (Å²) < 4.78 is 61.5. The van der Waals surface area contributed by atoms with Crippen molar-refractivity contribution in [3.8, 4) is 0 Å². The number of nitrogen functional groups attached to an aromatic ring is 1. The number of hydrogen-bond donors (Lipinski definition) is 4. The lowest BCUT2D eigenvalue weighted by Crippen LogP contribution is -2.37. The zero-order chi connectivity index (χ0) is 15.6. The molecule has 0 aromatic heterocycles. The molecule has 1 rings (SSSR count). The summed E-state index contributed by atoms with van der Waals surface area (Å²) in [4.78, 5) is 10.9. The largest absolute Gasteiger partial charge is 0.478 e. The van der Waals surface area contributed by atoms with Crippen molar-refractivity contribution in [2.24, 2.45) is 0 Å². The Labute approximate surface area is 111 Å². The molecule has 0 unspecified atom stereocenters. The Balaban J connectivity index is 2.97. The number of carbonyl (C=O) groups is 1. The molecule has 0 aliphatic carbocycles. The molecule has 0 bridgehead atoms. The number of hydrogen-bond acceptors (Lipinski definition) is 4. The lowest BCUT2D eigenvalue weighted by molar-refractivity contribution is -0.121. The highest BCUT2D eigenvalue weighted by atomic mass is 32.2. The van der Waals surface area contributed by atoms with Gasteiger partial charge in [-0.3, -0.25) is 4.72 Å². The summed E-state index contributed by atoms with van der Waals surface area (Å²) in [5.41, 5.74) is 4.52. The standard InChI is InChI=1S/C9H10F3N3O4S/c10-9(11,12)4-14-20(18,19)15-7-3-5(13)1-2-6(7)8(16)17/h1-3,14-15H,4,13H2,(H,16,17). The third-order valence-electron chi connectivity index (χ3n) is 1.98. The van der Waals surface area contributed by atoms with Gasteiger partial charge in [0.15, 0.2) is 0 Å². The molecule has 7 nitrogen and oxygen atoms in total. The number of anilines is 2. The van der Waals surface area contributed by atoms with Crippen molar-refractivity contribution in [1.82, 2.24) is 4.72 Å². The fraction of sp³-hybridized carbons (Fsp3) is 0.222. The van der Waals surface area contributed by atoms with Crippen LogP contribution in [0.2, 0.25) is 0 Å². The fourth-order valence-electron chi connectivity index (χ4n) is 1.19. The first-order valence-corrected chi connectivity index (χ1v) is 6.45. The number of nitrogens with one attached hydrogen (secondary N) is 2. The van der Waals surface area contributed by atoms with Crippen molar-refractivity contribution < 1.29 is 31.5 Å². The molecular formula is C9H10F3N3O4S. The van der Waals surface area contributed by atoms with Crippen LogP contribution in [-0.4, -0.2) is 32.2 Å². The summed E-state index contributed by atoms with van der Waals surface area (Å²) in [5, 5.41) is 8.84. The van der Waals surface area contributed by atoms with E-state index >= 15 is 0 Å². The van der Waals surface area contributed by atoms with Gasteiger partial charge in [0.05, 0.1) is 11.3 Å². The van der Waals surface area contributed by atoms with E-state index in [1.165, 1.54) is 10.8 Å². The second-order valence-corrected chi connectivity index (χ2v) is 5.15. The van der Waals surface area contributed by atoms with Gasteiger partial charge in [-0.05, 0) is 18.2 Å². The molecule has 5 N–H and O–H groups in total. The molecule has 0 spiro atoms. The predicted molar refractivity (Wildman–Crippen MR) is 64.4 cm³/mol. The van der Waals surface area contributed by atoms with Crippen LogP contribution in [0.3, 0.4) is 0 Å². The monoisotopic (exact) mass is 313 g/mol. The molecule has 1 aromatic rings. The Hall–Kier alpha value is -2.01. The molecule has 0 amide bonds. The summed E-state index contributed by atoms with van der Waals surface area (Å²) in [6.07, 6.45) is -4.74. The molecule has 0 radical (unpaired) electrons. The predicted octanol–water partition coefficient (Wildman–Crippen LogP) is 0.776. The van der Waals surface area contributed by atoms with E-state index in [4.69, 9.17) is 10.8 Å². The van der Waals surface area contributed by atoms with Gasteiger partial charge >= 0.3 is 12.1 Å². The van der Waals surface area contributed by atoms with E-state index in [1.807, 2.05) is 0 Å². The Bertz CT molecular complexity index is 615. The molecule has 0 saturated carbocycles. The lowest BCUT2D eigenvalue weighted by atomic mass is 10.1. The topological polar surface area (TPSA) is 122 Å². The summed E-state index contributed by atoms with van der Waals surface area (Å²) in [6.45, 7) is -1.78. The molecular weight excluding hydrogens is 303 g/mol. The lowest BCUT2D eigenvalue weighted by Gasteiger charge is -2.13. The van der Waals surface area contributed by atoms with Gasteiger partial charge in [-0.15, -0.1) is 0 Å². The van der Waals surface area contributed by atoms with Crippen LogP contribution in [0, 0.1) is 0 Å². The van der Waals surface area contributed by atoms with Crippen LogP contribution in [0.15, 0.2) is 18.2 Å². The highest BCUT2D eigenvalue weighted by Crippen LogP contribution is 2.20. The Morgan fingerprint density at radius 3 is 2.45 bits per heavy atom. The van der Waals surface area contributed by atoms with Crippen LogP contribution >= 0.6 is 0 Å². The second kappa shape index (κ2) is 5.54. The smallest absolute Gasteiger partial charge is 0.402 e. The SMILES string of the molecule is Nc1ccc(C(=O)O)c(NS(=O)(=O)NCC(F)(F)F)c1.